The highest BCUT2D eigenvalue weighted by Crippen LogP contribution is 2.12. The van der Waals surface area contributed by atoms with Gasteiger partial charge in [0.15, 0.2) is 0 Å². The number of hydrogen-bond donors (Lipinski definition) is 0. The zero-order chi connectivity index (χ0) is 16.5. The molecular formula is C9H16O9S3-2. The average molecular weight is 364 g/mol. The molecule has 0 radical (unpaired) electrons. The first-order valence-corrected chi connectivity index (χ1v) is 9.63. The SMILES string of the molecule is CC(=O)CCCCSCC(COS(=O)(=O)[O-])OS(=O)(=O)[O-]. The lowest BCUT2D eigenvalue weighted by molar-refractivity contribution is -0.117. The van der Waals surface area contributed by atoms with E-state index in [-0.39, 0.29) is 11.5 Å². The Balaban J connectivity index is 4.13. The molecule has 0 aromatic rings. The highest BCUT2D eigenvalue weighted by molar-refractivity contribution is 7.99. The molecule has 1 unspecified atom stereocenters. The maximum atomic E-state index is 10.7. The van der Waals surface area contributed by atoms with Crippen molar-refractivity contribution in [2.75, 3.05) is 18.1 Å². The van der Waals surface area contributed by atoms with Crippen LogP contribution in [0.5, 0.6) is 0 Å². The first-order chi connectivity index (χ1) is 9.49. The molecule has 0 aliphatic heterocycles. The fourth-order valence-corrected chi connectivity index (χ4v) is 3.09. The van der Waals surface area contributed by atoms with Crippen LogP contribution in [0.15, 0.2) is 0 Å². The minimum atomic E-state index is -5.03. The number of hydrogen-bond acceptors (Lipinski definition) is 10. The second-order valence-corrected chi connectivity index (χ2v) is 7.26. The van der Waals surface area contributed by atoms with Crippen molar-refractivity contribution in [3.05, 3.63) is 0 Å². The maximum absolute atomic E-state index is 10.7. The lowest BCUT2D eigenvalue weighted by atomic mass is 10.2. The quantitative estimate of drug-likeness (QED) is 0.259. The first-order valence-electron chi connectivity index (χ1n) is 5.81. The zero-order valence-electron chi connectivity index (χ0n) is 11.2. The van der Waals surface area contributed by atoms with E-state index in [1.54, 1.807) is 0 Å². The van der Waals surface area contributed by atoms with Gasteiger partial charge in [-0.3, -0.25) is 8.37 Å². The van der Waals surface area contributed by atoms with E-state index in [0.29, 0.717) is 25.0 Å². The van der Waals surface area contributed by atoms with Gasteiger partial charge in [0.05, 0.1) is 6.61 Å². The summed E-state index contributed by atoms with van der Waals surface area (Å²) in [5, 5.41) is 0. The molecule has 0 saturated heterocycles. The summed E-state index contributed by atoms with van der Waals surface area (Å²) >= 11 is 1.19. The average Bonchev–Trinajstić information content (AvgIpc) is 2.27. The number of carbonyl (C=O) groups is 1. The number of ketones is 1. The van der Waals surface area contributed by atoms with E-state index < -0.39 is 33.5 Å². The normalized spacial score (nSPS) is 14.0. The van der Waals surface area contributed by atoms with Crippen molar-refractivity contribution in [1.82, 2.24) is 0 Å². The molecule has 0 rings (SSSR count). The number of rotatable bonds is 12. The van der Waals surface area contributed by atoms with Gasteiger partial charge < -0.3 is 13.9 Å². The summed E-state index contributed by atoms with van der Waals surface area (Å²) in [5.41, 5.74) is 0. The molecule has 0 heterocycles. The third-order valence-electron chi connectivity index (χ3n) is 2.02. The molecular weight excluding hydrogens is 348 g/mol. The summed E-state index contributed by atoms with van der Waals surface area (Å²) in [7, 11) is -10.0. The first kappa shape index (κ1) is 20.8. The summed E-state index contributed by atoms with van der Waals surface area (Å²) < 4.78 is 70.2. The monoisotopic (exact) mass is 364 g/mol. The van der Waals surface area contributed by atoms with Crippen molar-refractivity contribution in [2.24, 2.45) is 0 Å². The van der Waals surface area contributed by atoms with E-state index in [1.165, 1.54) is 18.7 Å². The van der Waals surface area contributed by atoms with Crippen molar-refractivity contribution in [3.8, 4) is 0 Å². The van der Waals surface area contributed by atoms with Crippen molar-refractivity contribution in [1.29, 1.82) is 0 Å². The van der Waals surface area contributed by atoms with Crippen LogP contribution in [-0.2, 0) is 34.0 Å². The van der Waals surface area contributed by atoms with E-state index >= 15 is 0 Å². The molecule has 0 aliphatic rings. The largest absolute Gasteiger partial charge is 0.726 e. The van der Waals surface area contributed by atoms with E-state index in [9.17, 15) is 30.7 Å². The lowest BCUT2D eigenvalue weighted by Gasteiger charge is -2.19. The Morgan fingerprint density at radius 1 is 1.14 bits per heavy atom. The Morgan fingerprint density at radius 2 is 1.76 bits per heavy atom. The molecule has 0 aromatic carbocycles. The van der Waals surface area contributed by atoms with Crippen LogP contribution in [0, 0.1) is 0 Å². The Bertz CT molecular complexity index is 511. The molecule has 0 aliphatic carbocycles. The van der Waals surface area contributed by atoms with E-state index in [2.05, 4.69) is 8.37 Å². The standard InChI is InChI=1S/C9H18O9S3/c1-8(10)4-2-3-5-19-7-9(18-21(14,15)16)6-17-20(11,12)13/h9H,2-7H2,1H3,(H,11,12,13)(H,14,15,16)/p-2. The number of Topliss-reactive ketones (excluding diaryl/α,β-unsaturated/α-hetero) is 1. The van der Waals surface area contributed by atoms with Gasteiger partial charge in [-0.2, -0.15) is 11.8 Å². The van der Waals surface area contributed by atoms with Crippen LogP contribution in [0.1, 0.15) is 26.2 Å². The topological polar surface area (TPSA) is 150 Å². The van der Waals surface area contributed by atoms with Gasteiger partial charge in [-0.15, -0.1) is 0 Å². The molecule has 0 amide bonds. The second-order valence-electron chi connectivity index (χ2n) is 4.05. The molecule has 21 heavy (non-hydrogen) atoms. The van der Waals surface area contributed by atoms with Gasteiger partial charge >= 0.3 is 0 Å². The van der Waals surface area contributed by atoms with Crippen LogP contribution in [-0.4, -0.2) is 55.9 Å². The molecule has 126 valence electrons. The van der Waals surface area contributed by atoms with Gasteiger partial charge in [-0.25, -0.2) is 16.8 Å². The summed E-state index contributed by atoms with van der Waals surface area (Å²) in [5.74, 6) is 0.570. The number of thioether (sulfide) groups is 1. The second kappa shape index (κ2) is 9.71. The minimum absolute atomic E-state index is 0.0446. The van der Waals surface area contributed by atoms with Crippen molar-refractivity contribution in [2.45, 2.75) is 32.3 Å². The Morgan fingerprint density at radius 3 is 2.24 bits per heavy atom. The zero-order valence-corrected chi connectivity index (χ0v) is 13.7. The molecule has 0 fully saturated rings. The van der Waals surface area contributed by atoms with Gasteiger partial charge in [0.1, 0.15) is 11.9 Å². The Kier molecular flexibility index (Phi) is 9.60. The fraction of sp³-hybridized carbons (Fsp3) is 0.889. The number of unbranched alkanes of at least 4 members (excludes halogenated alkanes) is 1. The highest BCUT2D eigenvalue weighted by Gasteiger charge is 2.15. The molecule has 12 heteroatoms. The van der Waals surface area contributed by atoms with Crippen LogP contribution < -0.4 is 0 Å². The highest BCUT2D eigenvalue weighted by atomic mass is 32.3. The minimum Gasteiger partial charge on any atom is -0.726 e. The van der Waals surface area contributed by atoms with Gasteiger partial charge in [0, 0.05) is 12.2 Å². The molecule has 0 saturated carbocycles. The van der Waals surface area contributed by atoms with Crippen LogP contribution in [0.4, 0.5) is 0 Å². The van der Waals surface area contributed by atoms with Crippen molar-refractivity contribution >= 4 is 38.3 Å². The third-order valence-corrected chi connectivity index (χ3v) is 4.14. The van der Waals surface area contributed by atoms with E-state index in [0.717, 1.165) is 0 Å². The molecule has 9 nitrogen and oxygen atoms in total. The lowest BCUT2D eigenvalue weighted by Crippen LogP contribution is -2.27. The van der Waals surface area contributed by atoms with Gasteiger partial charge in [0.25, 0.3) is 0 Å². The van der Waals surface area contributed by atoms with Gasteiger partial charge in [0.2, 0.25) is 20.8 Å². The fourth-order valence-electron chi connectivity index (χ4n) is 1.22. The van der Waals surface area contributed by atoms with Crippen LogP contribution in [0.25, 0.3) is 0 Å². The molecule has 0 aromatic heterocycles. The smallest absolute Gasteiger partial charge is 0.218 e. The Labute approximate surface area is 128 Å². The van der Waals surface area contributed by atoms with E-state index in [1.807, 2.05) is 0 Å². The number of carbonyl (C=O) groups excluding carboxylic acids is 1. The molecule has 1 atom stereocenters. The van der Waals surface area contributed by atoms with Crippen LogP contribution in [0.3, 0.4) is 0 Å². The molecule has 0 spiro atoms. The van der Waals surface area contributed by atoms with E-state index in [4.69, 9.17) is 0 Å². The predicted octanol–water partition coefficient (Wildman–Crippen LogP) is -0.199. The van der Waals surface area contributed by atoms with Gasteiger partial charge in [-0.1, -0.05) is 0 Å². The summed E-state index contributed by atoms with van der Waals surface area (Å²) in [4.78, 5) is 10.7. The van der Waals surface area contributed by atoms with Crippen molar-refractivity contribution in [3.63, 3.8) is 0 Å². The van der Waals surface area contributed by atoms with Crippen molar-refractivity contribution < 1.29 is 39.1 Å². The van der Waals surface area contributed by atoms with Crippen LogP contribution in [0.2, 0.25) is 0 Å². The molecule has 0 N–H and O–H groups in total. The predicted molar refractivity (Wildman–Crippen MR) is 72.1 cm³/mol. The third kappa shape index (κ3) is 16.0. The molecule has 0 bridgehead atoms. The van der Waals surface area contributed by atoms with Gasteiger partial charge in [-0.05, 0) is 25.5 Å². The summed E-state index contributed by atoms with van der Waals surface area (Å²) in [6, 6.07) is 0. The summed E-state index contributed by atoms with van der Waals surface area (Å²) in [6.07, 6.45) is 0.419. The summed E-state index contributed by atoms with van der Waals surface area (Å²) in [6.45, 7) is 0.616. The Hall–Kier alpha value is -0.240. The van der Waals surface area contributed by atoms with Crippen LogP contribution >= 0.6 is 11.8 Å². The maximum Gasteiger partial charge on any atom is 0.218 e.